The fourth-order valence-electron chi connectivity index (χ4n) is 1.63. The Hall–Kier alpha value is -1.69. The van der Waals surface area contributed by atoms with E-state index in [1.54, 1.807) is 11.3 Å². The standard InChI is InChI=1S/C12H17N5S/c1-6-5-18-11(14-6)9(4)15-10-7(2)8(3)16-12(13)17-10/h5,9H,1-4H3,(H3,13,15,16,17)/t9-/m0/s1. The molecule has 0 saturated heterocycles. The second-order valence-electron chi connectivity index (χ2n) is 4.33. The highest BCUT2D eigenvalue weighted by Crippen LogP contribution is 2.24. The minimum absolute atomic E-state index is 0.108. The van der Waals surface area contributed by atoms with Crippen LogP contribution in [-0.4, -0.2) is 15.0 Å². The third kappa shape index (κ3) is 2.59. The Balaban J connectivity index is 2.24. The van der Waals surface area contributed by atoms with Crippen molar-refractivity contribution in [1.82, 2.24) is 15.0 Å². The molecule has 0 aliphatic carbocycles. The molecular formula is C12H17N5S. The van der Waals surface area contributed by atoms with E-state index in [1.807, 2.05) is 26.2 Å². The summed E-state index contributed by atoms with van der Waals surface area (Å²) in [5, 5.41) is 6.42. The summed E-state index contributed by atoms with van der Waals surface area (Å²) in [6.45, 7) is 7.96. The van der Waals surface area contributed by atoms with E-state index in [9.17, 15) is 0 Å². The Labute approximate surface area is 111 Å². The summed E-state index contributed by atoms with van der Waals surface area (Å²) in [7, 11) is 0. The Morgan fingerprint density at radius 3 is 2.56 bits per heavy atom. The number of nitrogens with zero attached hydrogens (tertiary/aromatic N) is 3. The number of hydrogen-bond donors (Lipinski definition) is 2. The average Bonchev–Trinajstić information content (AvgIpc) is 2.72. The van der Waals surface area contributed by atoms with Crippen LogP contribution in [0.3, 0.4) is 0 Å². The molecule has 18 heavy (non-hydrogen) atoms. The fraction of sp³-hybridized carbons (Fsp3) is 0.417. The van der Waals surface area contributed by atoms with Crippen molar-refractivity contribution in [2.45, 2.75) is 33.7 Å². The van der Waals surface area contributed by atoms with E-state index < -0.39 is 0 Å². The third-order valence-corrected chi connectivity index (χ3v) is 3.91. The molecule has 0 unspecified atom stereocenters. The predicted octanol–water partition coefficient (Wildman–Crippen LogP) is 2.61. The lowest BCUT2D eigenvalue weighted by molar-refractivity contribution is 0.849. The first-order chi connectivity index (χ1) is 8.47. The van der Waals surface area contributed by atoms with Crippen molar-refractivity contribution in [3.63, 3.8) is 0 Å². The SMILES string of the molecule is Cc1csc([C@H](C)Nc2nc(N)nc(C)c2C)n1. The van der Waals surface area contributed by atoms with Gasteiger partial charge >= 0.3 is 0 Å². The first kappa shape index (κ1) is 12.8. The highest BCUT2D eigenvalue weighted by molar-refractivity contribution is 7.09. The molecule has 5 nitrogen and oxygen atoms in total. The van der Waals surface area contributed by atoms with Crippen molar-refractivity contribution < 1.29 is 0 Å². The van der Waals surface area contributed by atoms with Gasteiger partial charge in [-0.3, -0.25) is 0 Å². The van der Waals surface area contributed by atoms with E-state index in [1.165, 1.54) is 0 Å². The summed E-state index contributed by atoms with van der Waals surface area (Å²) >= 11 is 1.64. The van der Waals surface area contributed by atoms with Crippen molar-refractivity contribution in [2.24, 2.45) is 0 Å². The zero-order valence-electron chi connectivity index (χ0n) is 11.0. The molecule has 3 N–H and O–H groups in total. The van der Waals surface area contributed by atoms with Gasteiger partial charge in [-0.05, 0) is 27.7 Å². The highest BCUT2D eigenvalue weighted by Gasteiger charge is 2.13. The summed E-state index contributed by atoms with van der Waals surface area (Å²) in [5.41, 5.74) is 8.63. The van der Waals surface area contributed by atoms with Crippen molar-refractivity contribution in [3.05, 3.63) is 27.3 Å². The van der Waals surface area contributed by atoms with Crippen LogP contribution < -0.4 is 11.1 Å². The molecule has 2 heterocycles. The fourth-order valence-corrected chi connectivity index (χ4v) is 2.43. The highest BCUT2D eigenvalue weighted by atomic mass is 32.1. The van der Waals surface area contributed by atoms with Gasteiger partial charge in [0.25, 0.3) is 0 Å². The number of anilines is 2. The summed E-state index contributed by atoms with van der Waals surface area (Å²) < 4.78 is 0. The summed E-state index contributed by atoms with van der Waals surface area (Å²) in [6.07, 6.45) is 0. The van der Waals surface area contributed by atoms with Gasteiger partial charge in [0.2, 0.25) is 5.95 Å². The van der Waals surface area contributed by atoms with Crippen LogP contribution >= 0.6 is 11.3 Å². The van der Waals surface area contributed by atoms with Gasteiger partial charge in [0.15, 0.2) is 0 Å². The molecule has 0 aliphatic rings. The van der Waals surface area contributed by atoms with Crippen molar-refractivity contribution >= 4 is 23.1 Å². The van der Waals surface area contributed by atoms with Gasteiger partial charge in [-0.2, -0.15) is 4.98 Å². The maximum Gasteiger partial charge on any atom is 0.222 e. The Bertz CT molecular complexity index is 564. The minimum atomic E-state index is 0.108. The van der Waals surface area contributed by atoms with Gasteiger partial charge in [-0.15, -0.1) is 11.3 Å². The summed E-state index contributed by atoms with van der Waals surface area (Å²) in [5.74, 6) is 1.07. The first-order valence-electron chi connectivity index (χ1n) is 5.76. The largest absolute Gasteiger partial charge is 0.368 e. The third-order valence-electron chi connectivity index (χ3n) is 2.77. The Kier molecular flexibility index (Phi) is 3.47. The summed E-state index contributed by atoms with van der Waals surface area (Å²) in [4.78, 5) is 12.8. The van der Waals surface area contributed by atoms with E-state index in [2.05, 4.69) is 27.2 Å². The molecule has 2 aromatic rings. The Morgan fingerprint density at radius 2 is 1.94 bits per heavy atom. The number of aromatic nitrogens is 3. The molecule has 0 aromatic carbocycles. The van der Waals surface area contributed by atoms with Gasteiger partial charge in [0.05, 0.1) is 6.04 Å². The van der Waals surface area contributed by atoms with Gasteiger partial charge < -0.3 is 11.1 Å². The molecular weight excluding hydrogens is 246 g/mol. The molecule has 2 aromatic heterocycles. The average molecular weight is 263 g/mol. The maximum atomic E-state index is 5.67. The van der Waals surface area contributed by atoms with Gasteiger partial charge in [0.1, 0.15) is 10.8 Å². The number of aryl methyl sites for hydroxylation is 2. The number of nitrogens with two attached hydrogens (primary N) is 1. The predicted molar refractivity (Wildman–Crippen MR) is 74.8 cm³/mol. The van der Waals surface area contributed by atoms with Crippen LogP contribution in [0.4, 0.5) is 11.8 Å². The number of hydrogen-bond acceptors (Lipinski definition) is 6. The molecule has 2 rings (SSSR count). The lowest BCUT2D eigenvalue weighted by Gasteiger charge is -2.15. The molecule has 0 spiro atoms. The van der Waals surface area contributed by atoms with Crippen LogP contribution in [0.2, 0.25) is 0 Å². The molecule has 0 radical (unpaired) electrons. The van der Waals surface area contributed by atoms with E-state index in [0.717, 1.165) is 27.8 Å². The molecule has 0 bridgehead atoms. The van der Waals surface area contributed by atoms with Crippen LogP contribution in [0, 0.1) is 20.8 Å². The van der Waals surface area contributed by atoms with Gasteiger partial charge in [0, 0.05) is 22.3 Å². The van der Waals surface area contributed by atoms with Crippen molar-refractivity contribution in [1.29, 1.82) is 0 Å². The monoisotopic (exact) mass is 263 g/mol. The number of nitrogens with one attached hydrogen (secondary N) is 1. The second kappa shape index (κ2) is 4.89. The van der Waals surface area contributed by atoms with Crippen LogP contribution in [0.25, 0.3) is 0 Å². The topological polar surface area (TPSA) is 76.7 Å². The lowest BCUT2D eigenvalue weighted by Crippen LogP contribution is -2.11. The zero-order valence-corrected chi connectivity index (χ0v) is 11.8. The van der Waals surface area contributed by atoms with Crippen LogP contribution in [-0.2, 0) is 0 Å². The molecule has 96 valence electrons. The van der Waals surface area contributed by atoms with Gasteiger partial charge in [-0.25, -0.2) is 9.97 Å². The van der Waals surface area contributed by atoms with Crippen LogP contribution in [0.5, 0.6) is 0 Å². The van der Waals surface area contributed by atoms with Crippen LogP contribution in [0.1, 0.15) is 34.9 Å². The number of rotatable bonds is 3. The van der Waals surface area contributed by atoms with Crippen molar-refractivity contribution in [2.75, 3.05) is 11.1 Å². The van der Waals surface area contributed by atoms with Crippen LogP contribution in [0.15, 0.2) is 5.38 Å². The second-order valence-corrected chi connectivity index (χ2v) is 5.22. The quantitative estimate of drug-likeness (QED) is 0.890. The van der Waals surface area contributed by atoms with E-state index in [0.29, 0.717) is 5.95 Å². The van der Waals surface area contributed by atoms with E-state index in [-0.39, 0.29) is 6.04 Å². The summed E-state index contributed by atoms with van der Waals surface area (Å²) in [6, 6.07) is 0.108. The minimum Gasteiger partial charge on any atom is -0.368 e. The van der Waals surface area contributed by atoms with Crippen molar-refractivity contribution in [3.8, 4) is 0 Å². The molecule has 6 heteroatoms. The maximum absolute atomic E-state index is 5.67. The van der Waals surface area contributed by atoms with E-state index in [4.69, 9.17) is 5.73 Å². The molecule has 0 amide bonds. The molecule has 0 fully saturated rings. The molecule has 0 aliphatic heterocycles. The lowest BCUT2D eigenvalue weighted by atomic mass is 10.2. The van der Waals surface area contributed by atoms with E-state index >= 15 is 0 Å². The normalized spacial score (nSPS) is 12.4. The number of nitrogen functional groups attached to an aromatic ring is 1. The molecule has 1 atom stereocenters. The smallest absolute Gasteiger partial charge is 0.222 e. The number of thiazole rings is 1. The molecule has 0 saturated carbocycles. The zero-order chi connectivity index (χ0) is 13.3. The first-order valence-corrected chi connectivity index (χ1v) is 6.64. The Morgan fingerprint density at radius 1 is 1.22 bits per heavy atom. The van der Waals surface area contributed by atoms with Gasteiger partial charge in [-0.1, -0.05) is 0 Å².